The van der Waals surface area contributed by atoms with Gasteiger partial charge in [0.05, 0.1) is 27.3 Å². The molecular weight excluding hydrogens is 382 g/mol. The molecule has 1 aliphatic heterocycles. The number of rotatable bonds is 3. The van der Waals surface area contributed by atoms with E-state index < -0.39 is 0 Å². The highest BCUT2D eigenvalue weighted by atomic mass is 79.9. The van der Waals surface area contributed by atoms with Gasteiger partial charge in [0.1, 0.15) is 0 Å². The Balaban J connectivity index is 2.09. The summed E-state index contributed by atoms with van der Waals surface area (Å²) in [6.45, 7) is 6.84. The van der Waals surface area contributed by atoms with Gasteiger partial charge in [-0.3, -0.25) is 9.69 Å². The number of nitrogens with zero attached hydrogens (tertiary/aromatic N) is 1. The number of hydrogen-bond acceptors (Lipinski definition) is 4. The molecule has 1 aromatic rings. The normalized spacial score (nSPS) is 20.0. The van der Waals surface area contributed by atoms with Gasteiger partial charge >= 0.3 is 0 Å². The van der Waals surface area contributed by atoms with Gasteiger partial charge in [-0.1, -0.05) is 0 Å². The molecule has 0 aliphatic carbocycles. The summed E-state index contributed by atoms with van der Waals surface area (Å²) >= 11 is 8.37. The van der Waals surface area contributed by atoms with Gasteiger partial charge in [-0.15, -0.1) is 11.3 Å². The lowest BCUT2D eigenvalue weighted by molar-refractivity contribution is -0.0467. The van der Waals surface area contributed by atoms with Crippen molar-refractivity contribution in [2.75, 3.05) is 26.3 Å². The summed E-state index contributed by atoms with van der Waals surface area (Å²) in [5, 5.41) is 0. The quantitative estimate of drug-likeness (QED) is 0.731. The van der Waals surface area contributed by atoms with E-state index in [1.807, 2.05) is 6.07 Å². The van der Waals surface area contributed by atoms with E-state index in [0.717, 1.165) is 19.7 Å². The molecule has 1 aromatic heterocycles. The molecule has 0 unspecified atom stereocenters. The summed E-state index contributed by atoms with van der Waals surface area (Å²) in [7, 11) is 0. The molecule has 0 atom stereocenters. The molecule has 3 nitrogen and oxygen atoms in total. The molecule has 18 heavy (non-hydrogen) atoms. The largest absolute Gasteiger partial charge is 0.378 e. The van der Waals surface area contributed by atoms with Gasteiger partial charge in [0.2, 0.25) is 0 Å². The van der Waals surface area contributed by atoms with Crippen LogP contribution in [0.5, 0.6) is 0 Å². The summed E-state index contributed by atoms with van der Waals surface area (Å²) in [5.74, 6) is 0.152. The van der Waals surface area contributed by atoms with Crippen LogP contribution in [0.4, 0.5) is 0 Å². The topological polar surface area (TPSA) is 29.5 Å². The second-order valence-corrected chi connectivity index (χ2v) is 8.70. The Bertz CT molecular complexity index is 459. The van der Waals surface area contributed by atoms with Crippen LogP contribution < -0.4 is 0 Å². The zero-order chi connectivity index (χ0) is 13.3. The monoisotopic (exact) mass is 395 g/mol. The number of hydrogen-bond donors (Lipinski definition) is 0. The van der Waals surface area contributed by atoms with E-state index in [9.17, 15) is 4.79 Å². The fourth-order valence-electron chi connectivity index (χ4n) is 1.97. The average molecular weight is 397 g/mol. The molecule has 6 heteroatoms. The van der Waals surface area contributed by atoms with Gasteiger partial charge in [0, 0.05) is 17.6 Å². The number of morpholine rings is 1. The number of carbonyl (C=O) groups excluding carboxylic acids is 1. The van der Waals surface area contributed by atoms with Gasteiger partial charge < -0.3 is 4.74 Å². The van der Waals surface area contributed by atoms with Crippen molar-refractivity contribution in [2.24, 2.45) is 0 Å². The van der Waals surface area contributed by atoms with Crippen molar-refractivity contribution in [3.05, 3.63) is 19.2 Å². The van der Waals surface area contributed by atoms with E-state index in [-0.39, 0.29) is 11.3 Å². The van der Waals surface area contributed by atoms with Gasteiger partial charge in [-0.05, 0) is 51.8 Å². The molecule has 0 spiro atoms. The Morgan fingerprint density at radius 3 is 2.83 bits per heavy atom. The molecule has 0 aromatic carbocycles. The van der Waals surface area contributed by atoms with Crippen molar-refractivity contribution >= 4 is 49.0 Å². The smallest absolute Gasteiger partial charge is 0.178 e. The Kier molecular flexibility index (Phi) is 4.65. The van der Waals surface area contributed by atoms with Crippen LogP contribution in [0, 0.1) is 0 Å². The van der Waals surface area contributed by atoms with E-state index in [4.69, 9.17) is 4.74 Å². The Morgan fingerprint density at radius 1 is 1.56 bits per heavy atom. The molecule has 0 radical (unpaired) electrons. The van der Waals surface area contributed by atoms with Crippen molar-refractivity contribution < 1.29 is 9.53 Å². The first-order valence-corrected chi connectivity index (χ1v) is 8.11. The zero-order valence-electron chi connectivity index (χ0n) is 10.3. The number of ether oxygens (including phenoxy) is 1. The van der Waals surface area contributed by atoms with Crippen molar-refractivity contribution in [2.45, 2.75) is 19.4 Å². The fourth-order valence-corrected chi connectivity index (χ4v) is 4.83. The van der Waals surface area contributed by atoms with Crippen LogP contribution in [0.2, 0.25) is 0 Å². The summed E-state index contributed by atoms with van der Waals surface area (Å²) in [6.07, 6.45) is 0. The van der Waals surface area contributed by atoms with Crippen LogP contribution in [0.15, 0.2) is 13.6 Å². The SMILES string of the molecule is CC1(C)COCCN1CC(=O)c1cc(Br)sc1Br. The maximum absolute atomic E-state index is 12.3. The van der Waals surface area contributed by atoms with Crippen molar-refractivity contribution in [1.82, 2.24) is 4.90 Å². The fraction of sp³-hybridized carbons (Fsp3) is 0.583. The molecule has 1 aliphatic rings. The molecule has 0 amide bonds. The third-order valence-corrected chi connectivity index (χ3v) is 5.45. The summed E-state index contributed by atoms with van der Waals surface area (Å²) < 4.78 is 7.33. The average Bonchev–Trinajstić information content (AvgIpc) is 2.61. The lowest BCUT2D eigenvalue weighted by Gasteiger charge is -2.41. The van der Waals surface area contributed by atoms with Crippen LogP contribution in [-0.2, 0) is 4.74 Å². The summed E-state index contributed by atoms with van der Waals surface area (Å²) in [6, 6.07) is 1.88. The minimum atomic E-state index is -0.0758. The minimum Gasteiger partial charge on any atom is -0.378 e. The summed E-state index contributed by atoms with van der Waals surface area (Å²) in [5.41, 5.74) is 0.683. The van der Waals surface area contributed by atoms with E-state index >= 15 is 0 Å². The number of thiophene rings is 1. The van der Waals surface area contributed by atoms with E-state index in [1.165, 1.54) is 11.3 Å². The zero-order valence-corrected chi connectivity index (χ0v) is 14.3. The molecule has 0 N–H and O–H groups in total. The van der Waals surface area contributed by atoms with Gasteiger partial charge in [-0.2, -0.15) is 0 Å². The lowest BCUT2D eigenvalue weighted by Crippen LogP contribution is -2.54. The van der Waals surface area contributed by atoms with E-state index in [2.05, 4.69) is 50.6 Å². The predicted octanol–water partition coefficient (Wildman–Crippen LogP) is 3.57. The second kappa shape index (κ2) is 5.71. The second-order valence-electron chi connectivity index (χ2n) is 4.95. The molecule has 1 fully saturated rings. The molecule has 0 saturated carbocycles. The van der Waals surface area contributed by atoms with Gasteiger partial charge in [0.25, 0.3) is 0 Å². The maximum atomic E-state index is 12.3. The van der Waals surface area contributed by atoms with Gasteiger partial charge in [-0.25, -0.2) is 0 Å². The van der Waals surface area contributed by atoms with Crippen LogP contribution in [0.1, 0.15) is 24.2 Å². The molecule has 2 rings (SSSR count). The van der Waals surface area contributed by atoms with E-state index in [1.54, 1.807) is 0 Å². The molecule has 2 heterocycles. The first-order chi connectivity index (χ1) is 8.40. The highest BCUT2D eigenvalue weighted by molar-refractivity contribution is 9.12. The highest BCUT2D eigenvalue weighted by Gasteiger charge is 2.32. The standard InChI is InChI=1S/C12H15Br2NO2S/c1-12(2)7-17-4-3-15(12)6-9(16)8-5-10(13)18-11(8)14/h5H,3-4,6-7H2,1-2H3. The molecular formula is C12H15Br2NO2S. The Hall–Kier alpha value is 0.250. The molecule has 100 valence electrons. The van der Waals surface area contributed by atoms with Crippen molar-refractivity contribution in [3.63, 3.8) is 0 Å². The number of ketones is 1. The summed E-state index contributed by atoms with van der Waals surface area (Å²) in [4.78, 5) is 14.5. The third-order valence-electron chi connectivity index (χ3n) is 3.11. The number of halogens is 2. The van der Waals surface area contributed by atoms with Gasteiger partial charge in [0.15, 0.2) is 5.78 Å². The van der Waals surface area contributed by atoms with Crippen molar-refractivity contribution in [3.8, 4) is 0 Å². The molecule has 0 bridgehead atoms. The van der Waals surface area contributed by atoms with E-state index in [0.29, 0.717) is 19.8 Å². The minimum absolute atomic E-state index is 0.0758. The van der Waals surface area contributed by atoms with Crippen LogP contribution in [-0.4, -0.2) is 42.5 Å². The number of carbonyl (C=O) groups is 1. The van der Waals surface area contributed by atoms with Crippen LogP contribution in [0.25, 0.3) is 0 Å². The molecule has 1 saturated heterocycles. The maximum Gasteiger partial charge on any atom is 0.178 e. The van der Waals surface area contributed by atoms with Crippen molar-refractivity contribution in [1.29, 1.82) is 0 Å². The predicted molar refractivity (Wildman–Crippen MR) is 80.5 cm³/mol. The first kappa shape index (κ1) is 14.7. The Labute approximate surface area is 128 Å². The highest BCUT2D eigenvalue weighted by Crippen LogP contribution is 2.32. The Morgan fingerprint density at radius 2 is 2.28 bits per heavy atom. The lowest BCUT2D eigenvalue weighted by atomic mass is 10.0. The third kappa shape index (κ3) is 3.22. The van der Waals surface area contributed by atoms with Crippen LogP contribution in [0.3, 0.4) is 0 Å². The van der Waals surface area contributed by atoms with Crippen LogP contribution >= 0.6 is 43.2 Å². The number of Topliss-reactive ketones (excluding diaryl/α,β-unsaturated/α-hetero) is 1. The first-order valence-electron chi connectivity index (χ1n) is 5.71.